The minimum atomic E-state index is 0.0197. The zero-order valence-corrected chi connectivity index (χ0v) is 12.0. The molecule has 19 heavy (non-hydrogen) atoms. The van der Waals surface area contributed by atoms with Crippen molar-refractivity contribution in [3.8, 4) is 5.88 Å². The molecule has 0 aliphatic heterocycles. The molecule has 3 N–H and O–H groups in total. The van der Waals surface area contributed by atoms with E-state index in [0.717, 1.165) is 10.7 Å². The van der Waals surface area contributed by atoms with Gasteiger partial charge in [-0.2, -0.15) is 4.98 Å². The van der Waals surface area contributed by atoms with Crippen molar-refractivity contribution in [3.63, 3.8) is 0 Å². The molecule has 0 unspecified atom stereocenters. The Bertz CT molecular complexity index is 555. The molecule has 0 saturated heterocycles. The van der Waals surface area contributed by atoms with Gasteiger partial charge in [-0.1, -0.05) is 0 Å². The Kier molecular flexibility index (Phi) is 4.16. The lowest BCUT2D eigenvalue weighted by Crippen LogP contribution is -2.12. The molecule has 0 aromatic carbocycles. The Balaban J connectivity index is 2.08. The summed E-state index contributed by atoms with van der Waals surface area (Å²) >= 11 is 1.62. The molecule has 2 heterocycles. The molecule has 0 aliphatic carbocycles. The standard InChI is InChI=1S/C12H17N5OS/c1-7(2)18-12-10(13)11(15-6-16-12)14-4-9-5-19-8(3)17-9/h5-7H,4,13H2,1-3H3,(H,14,15,16). The maximum Gasteiger partial charge on any atom is 0.242 e. The van der Waals surface area contributed by atoms with E-state index in [4.69, 9.17) is 10.5 Å². The van der Waals surface area contributed by atoms with Crippen molar-refractivity contribution < 1.29 is 4.74 Å². The number of hydrogen-bond acceptors (Lipinski definition) is 7. The Hall–Kier alpha value is -1.89. The summed E-state index contributed by atoms with van der Waals surface area (Å²) in [6.45, 7) is 6.40. The summed E-state index contributed by atoms with van der Waals surface area (Å²) in [6, 6.07) is 0. The fourth-order valence-electron chi connectivity index (χ4n) is 1.50. The van der Waals surface area contributed by atoms with E-state index >= 15 is 0 Å². The highest BCUT2D eigenvalue weighted by molar-refractivity contribution is 7.09. The SMILES string of the molecule is Cc1nc(CNc2ncnc(OC(C)C)c2N)cs1. The van der Waals surface area contributed by atoms with Crippen LogP contribution >= 0.6 is 11.3 Å². The van der Waals surface area contributed by atoms with Crippen LogP contribution < -0.4 is 15.8 Å². The van der Waals surface area contributed by atoms with Gasteiger partial charge in [0.25, 0.3) is 0 Å². The number of rotatable bonds is 5. The third-order valence-corrected chi connectivity index (χ3v) is 3.12. The number of thiazole rings is 1. The van der Waals surface area contributed by atoms with Crippen molar-refractivity contribution in [3.05, 3.63) is 22.4 Å². The van der Waals surface area contributed by atoms with Crippen LogP contribution in [0, 0.1) is 6.92 Å². The number of nitrogens with zero attached hydrogens (tertiary/aromatic N) is 3. The fraction of sp³-hybridized carbons (Fsp3) is 0.417. The molecule has 0 radical (unpaired) electrons. The van der Waals surface area contributed by atoms with Gasteiger partial charge in [0.15, 0.2) is 5.82 Å². The quantitative estimate of drug-likeness (QED) is 0.872. The number of ether oxygens (including phenoxy) is 1. The van der Waals surface area contributed by atoms with Crippen molar-refractivity contribution in [1.82, 2.24) is 15.0 Å². The molecule has 2 rings (SSSR count). The van der Waals surface area contributed by atoms with Crippen molar-refractivity contribution in [2.45, 2.75) is 33.4 Å². The molecule has 0 saturated carbocycles. The average Bonchev–Trinajstić information content (AvgIpc) is 2.76. The van der Waals surface area contributed by atoms with E-state index < -0.39 is 0 Å². The van der Waals surface area contributed by atoms with E-state index in [-0.39, 0.29) is 6.10 Å². The number of nitrogens with two attached hydrogens (primary N) is 1. The van der Waals surface area contributed by atoms with Gasteiger partial charge in [-0.25, -0.2) is 9.97 Å². The number of nitrogens with one attached hydrogen (secondary N) is 1. The van der Waals surface area contributed by atoms with E-state index in [2.05, 4.69) is 20.3 Å². The molecule has 0 aliphatic rings. The highest BCUT2D eigenvalue weighted by Crippen LogP contribution is 2.25. The first-order valence-corrected chi connectivity index (χ1v) is 6.86. The van der Waals surface area contributed by atoms with Crippen LogP contribution in [0.2, 0.25) is 0 Å². The van der Waals surface area contributed by atoms with Crippen molar-refractivity contribution in [2.75, 3.05) is 11.1 Å². The summed E-state index contributed by atoms with van der Waals surface area (Å²) in [5.74, 6) is 0.971. The summed E-state index contributed by atoms with van der Waals surface area (Å²) in [5.41, 5.74) is 7.35. The van der Waals surface area contributed by atoms with Gasteiger partial charge < -0.3 is 15.8 Å². The third kappa shape index (κ3) is 3.54. The summed E-state index contributed by atoms with van der Waals surface area (Å²) in [5, 5.41) is 6.19. The normalized spacial score (nSPS) is 10.7. The number of aromatic nitrogens is 3. The van der Waals surface area contributed by atoms with Crippen LogP contribution in [0.1, 0.15) is 24.5 Å². The summed E-state index contributed by atoms with van der Waals surface area (Å²) in [7, 11) is 0. The minimum absolute atomic E-state index is 0.0197. The average molecular weight is 279 g/mol. The van der Waals surface area contributed by atoms with Crippen LogP contribution in [0.15, 0.2) is 11.7 Å². The van der Waals surface area contributed by atoms with Gasteiger partial charge in [0, 0.05) is 5.38 Å². The molecule has 0 amide bonds. The molecule has 0 atom stereocenters. The van der Waals surface area contributed by atoms with Gasteiger partial charge >= 0.3 is 0 Å². The maximum atomic E-state index is 5.97. The topological polar surface area (TPSA) is 86.0 Å². The summed E-state index contributed by atoms with van der Waals surface area (Å²) in [4.78, 5) is 12.5. The largest absolute Gasteiger partial charge is 0.473 e. The zero-order valence-electron chi connectivity index (χ0n) is 11.2. The predicted molar refractivity (Wildman–Crippen MR) is 76.4 cm³/mol. The number of aryl methyl sites for hydroxylation is 1. The van der Waals surface area contributed by atoms with Crippen LogP contribution in [-0.4, -0.2) is 21.1 Å². The lowest BCUT2D eigenvalue weighted by Gasteiger charge is -2.13. The number of anilines is 2. The second-order valence-corrected chi connectivity index (χ2v) is 5.38. The molecule has 102 valence electrons. The second kappa shape index (κ2) is 5.83. The molecule has 2 aromatic rings. The number of nitrogen functional groups attached to an aromatic ring is 1. The lowest BCUT2D eigenvalue weighted by atomic mass is 10.4. The molecule has 2 aromatic heterocycles. The molecular formula is C12H17N5OS. The smallest absolute Gasteiger partial charge is 0.242 e. The maximum absolute atomic E-state index is 5.97. The lowest BCUT2D eigenvalue weighted by molar-refractivity contribution is 0.234. The molecular weight excluding hydrogens is 262 g/mol. The van der Waals surface area contributed by atoms with E-state index in [1.165, 1.54) is 6.33 Å². The molecule has 7 heteroatoms. The Labute approximate surface area is 116 Å². The highest BCUT2D eigenvalue weighted by Gasteiger charge is 2.10. The monoisotopic (exact) mass is 279 g/mol. The van der Waals surface area contributed by atoms with E-state index in [9.17, 15) is 0 Å². The Morgan fingerprint density at radius 3 is 2.84 bits per heavy atom. The van der Waals surface area contributed by atoms with Crippen LogP contribution in [0.4, 0.5) is 11.5 Å². The highest BCUT2D eigenvalue weighted by atomic mass is 32.1. The Morgan fingerprint density at radius 1 is 1.42 bits per heavy atom. The fourth-order valence-corrected chi connectivity index (χ4v) is 2.11. The van der Waals surface area contributed by atoms with E-state index in [1.807, 2.05) is 26.2 Å². The van der Waals surface area contributed by atoms with Gasteiger partial charge in [0.05, 0.1) is 23.4 Å². The molecule has 6 nitrogen and oxygen atoms in total. The van der Waals surface area contributed by atoms with Crippen LogP contribution in [0.5, 0.6) is 5.88 Å². The van der Waals surface area contributed by atoms with E-state index in [0.29, 0.717) is 23.9 Å². The zero-order chi connectivity index (χ0) is 13.8. The molecule has 0 fully saturated rings. The first-order chi connectivity index (χ1) is 9.06. The van der Waals surface area contributed by atoms with Gasteiger partial charge in [-0.05, 0) is 20.8 Å². The predicted octanol–water partition coefficient (Wildman–Crippen LogP) is 2.22. The first kappa shape index (κ1) is 13.5. The van der Waals surface area contributed by atoms with Crippen molar-refractivity contribution in [2.24, 2.45) is 0 Å². The Morgan fingerprint density at radius 2 is 2.21 bits per heavy atom. The second-order valence-electron chi connectivity index (χ2n) is 4.32. The van der Waals surface area contributed by atoms with Crippen molar-refractivity contribution in [1.29, 1.82) is 0 Å². The van der Waals surface area contributed by atoms with Crippen LogP contribution in [0.25, 0.3) is 0 Å². The first-order valence-electron chi connectivity index (χ1n) is 5.98. The van der Waals surface area contributed by atoms with Crippen LogP contribution in [-0.2, 0) is 6.54 Å². The van der Waals surface area contributed by atoms with Gasteiger partial charge in [0.2, 0.25) is 5.88 Å². The molecule has 0 spiro atoms. The van der Waals surface area contributed by atoms with Gasteiger partial charge in [0.1, 0.15) is 12.0 Å². The van der Waals surface area contributed by atoms with Gasteiger partial charge in [-0.3, -0.25) is 0 Å². The summed E-state index contributed by atoms with van der Waals surface area (Å²) in [6.07, 6.45) is 1.45. The number of hydrogen-bond donors (Lipinski definition) is 2. The minimum Gasteiger partial charge on any atom is -0.473 e. The van der Waals surface area contributed by atoms with E-state index in [1.54, 1.807) is 11.3 Å². The summed E-state index contributed by atoms with van der Waals surface area (Å²) < 4.78 is 5.51. The molecule has 0 bridgehead atoms. The van der Waals surface area contributed by atoms with Crippen LogP contribution in [0.3, 0.4) is 0 Å². The van der Waals surface area contributed by atoms with Gasteiger partial charge in [-0.15, -0.1) is 11.3 Å². The van der Waals surface area contributed by atoms with Crippen molar-refractivity contribution >= 4 is 22.8 Å². The third-order valence-electron chi connectivity index (χ3n) is 2.30.